The molecule has 30 heavy (non-hydrogen) atoms. The van der Waals surface area contributed by atoms with Crippen molar-refractivity contribution in [2.45, 2.75) is 39.4 Å². The second-order valence-corrected chi connectivity index (χ2v) is 7.75. The average Bonchev–Trinajstić information content (AvgIpc) is 2.92. The summed E-state index contributed by atoms with van der Waals surface area (Å²) in [4.78, 5) is 41.1. The Morgan fingerprint density at radius 1 is 1.13 bits per heavy atom. The number of amides is 3. The summed E-state index contributed by atoms with van der Waals surface area (Å²) in [6.07, 6.45) is 0.483. The zero-order valence-corrected chi connectivity index (χ0v) is 17.9. The highest BCUT2D eigenvalue weighted by molar-refractivity contribution is 6.35. The van der Waals surface area contributed by atoms with Crippen LogP contribution in [-0.2, 0) is 23.9 Å². The number of morpholine rings is 1. The molecule has 3 amide bonds. The van der Waals surface area contributed by atoms with Crippen LogP contribution < -0.4 is 5.32 Å². The maximum Gasteiger partial charge on any atom is 0.277 e. The number of carbonyl (C=O) groups excluding carboxylic acids is 3. The van der Waals surface area contributed by atoms with Crippen molar-refractivity contribution in [2.24, 2.45) is 0 Å². The Morgan fingerprint density at radius 2 is 1.77 bits per heavy atom. The summed E-state index contributed by atoms with van der Waals surface area (Å²) in [6, 6.07) is 6.99. The molecule has 2 heterocycles. The van der Waals surface area contributed by atoms with Crippen molar-refractivity contribution in [2.75, 3.05) is 38.7 Å². The number of anilines is 1. The minimum absolute atomic E-state index is 0.0462. The molecule has 0 bridgehead atoms. The number of ether oxygens (including phenoxy) is 2. The normalized spacial score (nSPS) is 22.1. The molecule has 0 saturated carbocycles. The predicted octanol–water partition coefficient (Wildman–Crippen LogP) is 1.87. The number of hydrogen-bond donors (Lipinski definition) is 1. The van der Waals surface area contributed by atoms with Crippen LogP contribution in [0.4, 0.5) is 5.69 Å². The first-order chi connectivity index (χ1) is 14.3. The standard InChI is InChI=1S/C22H29N3O5/c1-14-12-24(13-15(2)30-14)20-19(17-6-8-18(9-7-17)23-16(3)26)21(27)25(22(20)28)10-5-11-29-4/h6-9,14-15H,5,10-13H2,1-4H3,(H,23,26). The molecule has 1 N–H and O–H groups in total. The lowest BCUT2D eigenvalue weighted by atomic mass is 10.0. The first-order valence-electron chi connectivity index (χ1n) is 10.2. The summed E-state index contributed by atoms with van der Waals surface area (Å²) >= 11 is 0. The number of hydrogen-bond acceptors (Lipinski definition) is 6. The molecule has 2 atom stereocenters. The summed E-state index contributed by atoms with van der Waals surface area (Å²) in [5.41, 5.74) is 2.11. The predicted molar refractivity (Wildman–Crippen MR) is 112 cm³/mol. The number of carbonyl (C=O) groups is 3. The van der Waals surface area contributed by atoms with Crippen LogP contribution in [0.25, 0.3) is 5.57 Å². The second kappa shape index (κ2) is 9.40. The fraction of sp³-hybridized carbons (Fsp3) is 0.500. The van der Waals surface area contributed by atoms with Crippen LogP contribution in [0.5, 0.6) is 0 Å². The Hall–Kier alpha value is -2.71. The maximum absolute atomic E-state index is 13.3. The lowest BCUT2D eigenvalue weighted by molar-refractivity contribution is -0.138. The summed E-state index contributed by atoms with van der Waals surface area (Å²) < 4.78 is 10.9. The van der Waals surface area contributed by atoms with Gasteiger partial charge in [0.15, 0.2) is 0 Å². The van der Waals surface area contributed by atoms with Gasteiger partial charge in [-0.1, -0.05) is 12.1 Å². The van der Waals surface area contributed by atoms with Crippen LogP contribution in [0.1, 0.15) is 32.8 Å². The Morgan fingerprint density at radius 3 is 2.33 bits per heavy atom. The van der Waals surface area contributed by atoms with Crippen LogP contribution in [-0.4, -0.2) is 73.1 Å². The van der Waals surface area contributed by atoms with E-state index in [9.17, 15) is 14.4 Å². The van der Waals surface area contributed by atoms with Crippen LogP contribution in [0.15, 0.2) is 30.0 Å². The third-order valence-corrected chi connectivity index (χ3v) is 5.10. The van der Waals surface area contributed by atoms with E-state index in [-0.39, 0.29) is 29.9 Å². The molecule has 2 aliphatic rings. The lowest BCUT2D eigenvalue weighted by Gasteiger charge is -2.37. The Bertz CT molecular complexity index is 839. The molecule has 2 aliphatic heterocycles. The van der Waals surface area contributed by atoms with Crippen molar-refractivity contribution in [1.82, 2.24) is 9.80 Å². The van der Waals surface area contributed by atoms with Gasteiger partial charge in [0, 0.05) is 46.0 Å². The van der Waals surface area contributed by atoms with E-state index in [1.54, 1.807) is 31.4 Å². The quantitative estimate of drug-likeness (QED) is 0.540. The van der Waals surface area contributed by atoms with E-state index in [4.69, 9.17) is 9.47 Å². The number of nitrogens with one attached hydrogen (secondary N) is 1. The molecule has 3 rings (SSSR count). The summed E-state index contributed by atoms with van der Waals surface area (Å²) in [6.45, 7) is 7.21. The van der Waals surface area contributed by atoms with Gasteiger partial charge >= 0.3 is 0 Å². The van der Waals surface area contributed by atoms with Crippen molar-refractivity contribution in [3.8, 4) is 0 Å². The van der Waals surface area contributed by atoms with Gasteiger partial charge < -0.3 is 19.7 Å². The molecular weight excluding hydrogens is 386 g/mol. The molecular formula is C22H29N3O5. The second-order valence-electron chi connectivity index (χ2n) is 7.75. The Labute approximate surface area is 176 Å². The van der Waals surface area contributed by atoms with Crippen LogP contribution >= 0.6 is 0 Å². The number of rotatable bonds is 7. The van der Waals surface area contributed by atoms with E-state index in [1.165, 1.54) is 11.8 Å². The fourth-order valence-corrected chi connectivity index (χ4v) is 3.97. The van der Waals surface area contributed by atoms with Crippen molar-refractivity contribution in [3.63, 3.8) is 0 Å². The molecule has 1 fully saturated rings. The number of imide groups is 1. The summed E-state index contributed by atoms with van der Waals surface area (Å²) in [7, 11) is 1.59. The molecule has 2 unspecified atom stereocenters. The first kappa shape index (κ1) is 22.0. The van der Waals surface area contributed by atoms with Crippen LogP contribution in [0, 0.1) is 0 Å². The van der Waals surface area contributed by atoms with Gasteiger partial charge in [0.1, 0.15) is 5.70 Å². The van der Waals surface area contributed by atoms with Gasteiger partial charge in [-0.05, 0) is 38.0 Å². The van der Waals surface area contributed by atoms with E-state index < -0.39 is 0 Å². The van der Waals surface area contributed by atoms with Crippen molar-refractivity contribution >= 4 is 29.0 Å². The smallest absolute Gasteiger partial charge is 0.277 e. The first-order valence-corrected chi connectivity index (χ1v) is 10.2. The average molecular weight is 415 g/mol. The van der Waals surface area contributed by atoms with E-state index in [0.29, 0.717) is 55.2 Å². The zero-order chi connectivity index (χ0) is 21.8. The zero-order valence-electron chi connectivity index (χ0n) is 17.9. The number of nitrogens with zero attached hydrogens (tertiary/aromatic N) is 2. The monoisotopic (exact) mass is 415 g/mol. The lowest BCUT2D eigenvalue weighted by Crippen LogP contribution is -2.47. The third-order valence-electron chi connectivity index (χ3n) is 5.10. The highest BCUT2D eigenvalue weighted by atomic mass is 16.5. The van der Waals surface area contributed by atoms with E-state index >= 15 is 0 Å². The van der Waals surface area contributed by atoms with E-state index in [1.807, 2.05) is 18.7 Å². The van der Waals surface area contributed by atoms with Gasteiger partial charge in [-0.3, -0.25) is 19.3 Å². The summed E-state index contributed by atoms with van der Waals surface area (Å²) in [5.74, 6) is -0.751. The molecule has 8 nitrogen and oxygen atoms in total. The van der Waals surface area contributed by atoms with Gasteiger partial charge in [0.05, 0.1) is 17.8 Å². The Balaban J connectivity index is 1.98. The fourth-order valence-electron chi connectivity index (χ4n) is 3.97. The molecule has 0 aliphatic carbocycles. The number of methoxy groups -OCH3 is 1. The minimum Gasteiger partial charge on any atom is -0.385 e. The molecule has 1 aromatic carbocycles. The van der Waals surface area contributed by atoms with Gasteiger partial charge in [0.25, 0.3) is 11.8 Å². The van der Waals surface area contributed by atoms with Gasteiger partial charge in [-0.25, -0.2) is 0 Å². The molecule has 1 aromatic rings. The SMILES string of the molecule is COCCCN1C(=O)C(c2ccc(NC(C)=O)cc2)=C(N2CC(C)OC(C)C2)C1=O. The minimum atomic E-state index is -0.301. The molecule has 1 saturated heterocycles. The molecule has 162 valence electrons. The summed E-state index contributed by atoms with van der Waals surface area (Å²) in [5, 5.41) is 2.71. The largest absolute Gasteiger partial charge is 0.385 e. The van der Waals surface area contributed by atoms with E-state index in [0.717, 1.165) is 0 Å². The molecule has 0 radical (unpaired) electrons. The molecule has 8 heteroatoms. The van der Waals surface area contributed by atoms with Crippen LogP contribution in [0.3, 0.4) is 0 Å². The van der Waals surface area contributed by atoms with Crippen molar-refractivity contribution in [1.29, 1.82) is 0 Å². The van der Waals surface area contributed by atoms with Crippen LogP contribution in [0.2, 0.25) is 0 Å². The van der Waals surface area contributed by atoms with Crippen molar-refractivity contribution < 1.29 is 23.9 Å². The topological polar surface area (TPSA) is 88.2 Å². The highest BCUT2D eigenvalue weighted by Crippen LogP contribution is 2.33. The molecule has 0 spiro atoms. The highest BCUT2D eigenvalue weighted by Gasteiger charge is 2.42. The van der Waals surface area contributed by atoms with Gasteiger partial charge in [0.2, 0.25) is 5.91 Å². The Kier molecular flexibility index (Phi) is 6.89. The van der Waals surface area contributed by atoms with Gasteiger partial charge in [-0.2, -0.15) is 0 Å². The van der Waals surface area contributed by atoms with Gasteiger partial charge in [-0.15, -0.1) is 0 Å². The third kappa shape index (κ3) is 4.71. The maximum atomic E-state index is 13.3. The molecule has 0 aromatic heterocycles. The number of benzene rings is 1. The van der Waals surface area contributed by atoms with Crippen molar-refractivity contribution in [3.05, 3.63) is 35.5 Å². The van der Waals surface area contributed by atoms with E-state index in [2.05, 4.69) is 5.32 Å².